The summed E-state index contributed by atoms with van der Waals surface area (Å²) in [5, 5.41) is 2.60. The van der Waals surface area contributed by atoms with E-state index in [-0.39, 0.29) is 0 Å². The molecule has 0 bridgehead atoms. The van der Waals surface area contributed by atoms with E-state index in [1.807, 2.05) is 0 Å². The third-order valence-corrected chi connectivity index (χ3v) is 2.51. The zero-order valence-corrected chi connectivity index (χ0v) is 10.2. The van der Waals surface area contributed by atoms with Gasteiger partial charge in [0.15, 0.2) is 0 Å². The molecular weight excluding hydrogens is 188 g/mol. The summed E-state index contributed by atoms with van der Waals surface area (Å²) < 4.78 is 0. The van der Waals surface area contributed by atoms with Crippen molar-refractivity contribution in [1.29, 1.82) is 0 Å². The van der Waals surface area contributed by atoms with Crippen LogP contribution in [0.25, 0.3) is 0 Å². The number of carbonyl (C=O) groups excluding carboxylic acids is 1. The number of carbonyl (C=O) groups is 1. The molecule has 0 heterocycles. The molecule has 0 aliphatic carbocycles. The lowest BCUT2D eigenvalue weighted by Gasteiger charge is -2.04. The summed E-state index contributed by atoms with van der Waals surface area (Å²) in [5.41, 5.74) is 4.95. The number of amides is 2. The SMILES string of the molecule is CC(C)CCCCCCCCNC(N)=O. The van der Waals surface area contributed by atoms with Gasteiger partial charge in [0.25, 0.3) is 0 Å². The first-order valence-electron chi connectivity index (χ1n) is 6.16. The average molecular weight is 214 g/mol. The maximum atomic E-state index is 10.3. The highest BCUT2D eigenvalue weighted by Gasteiger charge is 1.95. The van der Waals surface area contributed by atoms with Crippen LogP contribution in [0.2, 0.25) is 0 Å². The molecule has 0 aromatic carbocycles. The highest BCUT2D eigenvalue weighted by atomic mass is 16.2. The topological polar surface area (TPSA) is 55.1 Å². The molecule has 0 fully saturated rings. The maximum Gasteiger partial charge on any atom is 0.312 e. The molecule has 0 aliphatic rings. The van der Waals surface area contributed by atoms with Crippen molar-refractivity contribution in [2.45, 2.75) is 58.8 Å². The summed E-state index contributed by atoms with van der Waals surface area (Å²) in [5.74, 6) is 0.838. The molecule has 3 heteroatoms. The van der Waals surface area contributed by atoms with Crippen molar-refractivity contribution in [3.8, 4) is 0 Å². The second-order valence-electron chi connectivity index (χ2n) is 4.59. The van der Waals surface area contributed by atoms with Gasteiger partial charge in [-0.05, 0) is 12.3 Å². The summed E-state index contributed by atoms with van der Waals surface area (Å²) in [6.07, 6.45) is 8.90. The Morgan fingerprint density at radius 3 is 2.13 bits per heavy atom. The number of unbranched alkanes of at least 4 members (excludes halogenated alkanes) is 5. The molecule has 0 saturated carbocycles. The zero-order valence-electron chi connectivity index (χ0n) is 10.2. The van der Waals surface area contributed by atoms with Crippen LogP contribution in [0.4, 0.5) is 4.79 Å². The van der Waals surface area contributed by atoms with Gasteiger partial charge in [-0.15, -0.1) is 0 Å². The molecule has 0 aromatic rings. The van der Waals surface area contributed by atoms with E-state index in [0.29, 0.717) is 0 Å². The Morgan fingerprint density at radius 2 is 1.60 bits per heavy atom. The van der Waals surface area contributed by atoms with Crippen molar-refractivity contribution in [1.82, 2.24) is 5.32 Å². The Balaban J connectivity index is 2.96. The van der Waals surface area contributed by atoms with Crippen LogP contribution in [0.15, 0.2) is 0 Å². The number of rotatable bonds is 9. The molecule has 0 radical (unpaired) electrons. The van der Waals surface area contributed by atoms with Gasteiger partial charge in [-0.2, -0.15) is 0 Å². The van der Waals surface area contributed by atoms with E-state index in [2.05, 4.69) is 19.2 Å². The van der Waals surface area contributed by atoms with E-state index in [1.165, 1.54) is 38.5 Å². The number of primary amides is 1. The molecule has 15 heavy (non-hydrogen) atoms. The van der Waals surface area contributed by atoms with E-state index >= 15 is 0 Å². The minimum atomic E-state index is -0.410. The van der Waals surface area contributed by atoms with E-state index in [4.69, 9.17) is 5.73 Å². The van der Waals surface area contributed by atoms with Crippen LogP contribution in [-0.4, -0.2) is 12.6 Å². The van der Waals surface area contributed by atoms with Crippen molar-refractivity contribution in [3.63, 3.8) is 0 Å². The number of hydrogen-bond acceptors (Lipinski definition) is 1. The molecule has 0 aromatic heterocycles. The van der Waals surface area contributed by atoms with Crippen LogP contribution in [0.3, 0.4) is 0 Å². The average Bonchev–Trinajstić information content (AvgIpc) is 2.14. The maximum absolute atomic E-state index is 10.3. The van der Waals surface area contributed by atoms with Crippen LogP contribution < -0.4 is 11.1 Å². The summed E-state index contributed by atoms with van der Waals surface area (Å²) in [7, 11) is 0. The monoisotopic (exact) mass is 214 g/mol. The summed E-state index contributed by atoms with van der Waals surface area (Å²) >= 11 is 0. The first-order valence-corrected chi connectivity index (χ1v) is 6.16. The van der Waals surface area contributed by atoms with E-state index in [9.17, 15) is 4.79 Å². The van der Waals surface area contributed by atoms with Crippen molar-refractivity contribution >= 4 is 6.03 Å². The normalized spacial score (nSPS) is 10.6. The van der Waals surface area contributed by atoms with Gasteiger partial charge >= 0.3 is 6.03 Å². The van der Waals surface area contributed by atoms with Crippen LogP contribution in [-0.2, 0) is 0 Å². The summed E-state index contributed by atoms with van der Waals surface area (Å²) in [6.45, 7) is 5.27. The minimum Gasteiger partial charge on any atom is -0.352 e. The van der Waals surface area contributed by atoms with Gasteiger partial charge in [0.1, 0.15) is 0 Å². The molecule has 0 aliphatic heterocycles. The molecule has 2 amide bonds. The Bertz CT molecular complexity index is 158. The highest BCUT2D eigenvalue weighted by Crippen LogP contribution is 2.10. The zero-order chi connectivity index (χ0) is 11.5. The van der Waals surface area contributed by atoms with E-state index < -0.39 is 6.03 Å². The minimum absolute atomic E-state index is 0.410. The lowest BCUT2D eigenvalue weighted by molar-refractivity contribution is 0.248. The van der Waals surface area contributed by atoms with Gasteiger partial charge in [-0.1, -0.05) is 52.4 Å². The second kappa shape index (κ2) is 9.81. The lowest BCUT2D eigenvalue weighted by Crippen LogP contribution is -2.29. The van der Waals surface area contributed by atoms with Crippen molar-refractivity contribution < 1.29 is 4.79 Å². The van der Waals surface area contributed by atoms with Crippen LogP contribution in [0, 0.1) is 5.92 Å². The fourth-order valence-corrected chi connectivity index (χ4v) is 1.60. The van der Waals surface area contributed by atoms with Gasteiger partial charge in [0, 0.05) is 6.54 Å². The van der Waals surface area contributed by atoms with Crippen LogP contribution in [0.1, 0.15) is 58.8 Å². The number of urea groups is 1. The number of nitrogens with two attached hydrogens (primary N) is 1. The van der Waals surface area contributed by atoms with E-state index in [0.717, 1.165) is 18.9 Å². The molecule has 90 valence electrons. The number of nitrogens with one attached hydrogen (secondary N) is 1. The molecule has 3 N–H and O–H groups in total. The third-order valence-electron chi connectivity index (χ3n) is 2.51. The molecule has 0 unspecified atom stereocenters. The fraction of sp³-hybridized carbons (Fsp3) is 0.917. The van der Waals surface area contributed by atoms with Gasteiger partial charge in [-0.25, -0.2) is 4.79 Å². The molecule has 0 saturated heterocycles. The first kappa shape index (κ1) is 14.3. The molecule has 3 nitrogen and oxygen atoms in total. The Kier molecular flexibility index (Phi) is 9.33. The van der Waals surface area contributed by atoms with Crippen molar-refractivity contribution in [2.75, 3.05) is 6.54 Å². The molecule has 0 atom stereocenters. The standard InChI is InChI=1S/C12H26N2O/c1-11(2)9-7-5-3-4-6-8-10-14-12(13)15/h11H,3-10H2,1-2H3,(H3,13,14,15). The van der Waals surface area contributed by atoms with Crippen LogP contribution in [0.5, 0.6) is 0 Å². The Hall–Kier alpha value is -0.730. The smallest absolute Gasteiger partial charge is 0.312 e. The van der Waals surface area contributed by atoms with Gasteiger partial charge in [-0.3, -0.25) is 0 Å². The molecule has 0 rings (SSSR count). The molecule has 0 spiro atoms. The number of hydrogen-bond donors (Lipinski definition) is 2. The van der Waals surface area contributed by atoms with Gasteiger partial charge in [0.05, 0.1) is 0 Å². The quantitative estimate of drug-likeness (QED) is 0.569. The first-order chi connectivity index (χ1) is 7.13. The third kappa shape index (κ3) is 13.3. The summed E-state index contributed by atoms with van der Waals surface area (Å²) in [6, 6.07) is -0.410. The van der Waals surface area contributed by atoms with Crippen molar-refractivity contribution in [2.24, 2.45) is 11.7 Å². The van der Waals surface area contributed by atoms with Crippen molar-refractivity contribution in [3.05, 3.63) is 0 Å². The fourth-order valence-electron chi connectivity index (χ4n) is 1.60. The largest absolute Gasteiger partial charge is 0.352 e. The Morgan fingerprint density at radius 1 is 1.07 bits per heavy atom. The van der Waals surface area contributed by atoms with Crippen LogP contribution >= 0.6 is 0 Å². The second-order valence-corrected chi connectivity index (χ2v) is 4.59. The predicted octanol–water partition coefficient (Wildman–Crippen LogP) is 3.04. The lowest BCUT2D eigenvalue weighted by atomic mass is 10.0. The highest BCUT2D eigenvalue weighted by molar-refractivity contribution is 5.71. The predicted molar refractivity (Wildman–Crippen MR) is 64.7 cm³/mol. The Labute approximate surface area is 93.8 Å². The van der Waals surface area contributed by atoms with Gasteiger partial charge < -0.3 is 11.1 Å². The van der Waals surface area contributed by atoms with E-state index in [1.54, 1.807) is 0 Å². The summed E-state index contributed by atoms with van der Waals surface area (Å²) in [4.78, 5) is 10.3. The van der Waals surface area contributed by atoms with Gasteiger partial charge in [0.2, 0.25) is 0 Å². The molecular formula is C12H26N2O.